The molecule has 0 radical (unpaired) electrons. The zero-order chi connectivity index (χ0) is 25.9. The van der Waals surface area contributed by atoms with Gasteiger partial charge in [-0.2, -0.15) is 0 Å². The highest BCUT2D eigenvalue weighted by molar-refractivity contribution is 6.42. The van der Waals surface area contributed by atoms with Crippen LogP contribution in [0.25, 0.3) is 22.4 Å². The fraction of sp³-hybridized carbons (Fsp3) is 0.0690. The van der Waals surface area contributed by atoms with Gasteiger partial charge in [-0.1, -0.05) is 65.7 Å². The molecule has 3 amide bonds. The second-order valence-corrected chi connectivity index (χ2v) is 9.41. The molecule has 0 unspecified atom stereocenters. The van der Waals surface area contributed by atoms with Gasteiger partial charge in [-0.25, -0.2) is 9.78 Å². The Morgan fingerprint density at radius 3 is 2.49 bits per heavy atom. The van der Waals surface area contributed by atoms with Crippen molar-refractivity contribution in [3.8, 4) is 11.4 Å². The molecular formula is C29H22Cl2N4O2. The van der Waals surface area contributed by atoms with Crippen LogP contribution in [-0.4, -0.2) is 21.9 Å². The van der Waals surface area contributed by atoms with E-state index in [-0.39, 0.29) is 0 Å². The SMILES string of the molecule is Cc1ccc(NC(=O)NC(=O)c2ccc(Cc3cccc(Cl)c3Cl)cc2)cc1-c1nc2ccccc2[nH]1. The smallest absolute Gasteiger partial charge is 0.326 e. The lowest BCUT2D eigenvalue weighted by molar-refractivity contribution is 0.0967. The second-order valence-electron chi connectivity index (χ2n) is 8.63. The number of aromatic amines is 1. The van der Waals surface area contributed by atoms with Crippen molar-refractivity contribution in [3.05, 3.63) is 117 Å². The minimum atomic E-state index is -0.626. The van der Waals surface area contributed by atoms with Crippen molar-refractivity contribution in [1.29, 1.82) is 0 Å². The topological polar surface area (TPSA) is 86.9 Å². The van der Waals surface area contributed by atoms with Crippen LogP contribution in [-0.2, 0) is 6.42 Å². The molecule has 0 aliphatic rings. The number of imidazole rings is 1. The number of H-pyrrole nitrogens is 1. The van der Waals surface area contributed by atoms with Crippen LogP contribution in [0.3, 0.4) is 0 Å². The molecule has 37 heavy (non-hydrogen) atoms. The van der Waals surface area contributed by atoms with Gasteiger partial charge < -0.3 is 10.3 Å². The minimum Gasteiger partial charge on any atom is -0.338 e. The van der Waals surface area contributed by atoms with Crippen LogP contribution in [0.5, 0.6) is 0 Å². The van der Waals surface area contributed by atoms with Gasteiger partial charge in [0.2, 0.25) is 0 Å². The molecule has 0 fully saturated rings. The molecule has 5 rings (SSSR count). The van der Waals surface area contributed by atoms with Gasteiger partial charge >= 0.3 is 6.03 Å². The maximum Gasteiger partial charge on any atom is 0.326 e. The van der Waals surface area contributed by atoms with Crippen molar-refractivity contribution >= 4 is 51.9 Å². The zero-order valence-electron chi connectivity index (χ0n) is 19.8. The van der Waals surface area contributed by atoms with Gasteiger partial charge in [-0.15, -0.1) is 0 Å². The third-order valence-corrected chi connectivity index (χ3v) is 6.87. The quantitative estimate of drug-likeness (QED) is 0.222. The van der Waals surface area contributed by atoms with Gasteiger partial charge in [0.25, 0.3) is 5.91 Å². The Hall–Kier alpha value is -4.13. The van der Waals surface area contributed by atoms with Gasteiger partial charge in [-0.05, 0) is 72.5 Å². The van der Waals surface area contributed by atoms with Gasteiger partial charge in [0, 0.05) is 16.8 Å². The van der Waals surface area contributed by atoms with E-state index < -0.39 is 11.9 Å². The highest BCUT2D eigenvalue weighted by atomic mass is 35.5. The maximum absolute atomic E-state index is 12.6. The number of nitrogens with zero attached hydrogens (tertiary/aromatic N) is 1. The lowest BCUT2D eigenvalue weighted by Crippen LogP contribution is -2.34. The van der Waals surface area contributed by atoms with Gasteiger partial charge in [-0.3, -0.25) is 10.1 Å². The van der Waals surface area contributed by atoms with E-state index in [0.29, 0.717) is 33.5 Å². The molecule has 0 bridgehead atoms. The normalized spacial score (nSPS) is 10.9. The number of hydrogen-bond acceptors (Lipinski definition) is 3. The number of halogens is 2. The third kappa shape index (κ3) is 5.50. The predicted octanol–water partition coefficient (Wildman–Crippen LogP) is 7.40. The van der Waals surface area contributed by atoms with Crippen LogP contribution in [0, 0.1) is 6.92 Å². The second kappa shape index (κ2) is 10.5. The molecule has 1 heterocycles. The number of imide groups is 1. The van der Waals surface area contributed by atoms with Crippen LogP contribution < -0.4 is 10.6 Å². The number of anilines is 1. The van der Waals surface area contributed by atoms with E-state index >= 15 is 0 Å². The standard InChI is InChI=1S/C29H22Cl2N4O2/c1-17-9-14-21(16-22(17)27-33-24-7-2-3-8-25(24)34-27)32-29(37)35-28(36)19-12-10-18(11-13-19)15-20-5-4-6-23(30)26(20)31/h2-14,16H,15H2,1H3,(H,33,34)(H2,32,35,36,37). The first-order chi connectivity index (χ1) is 17.9. The highest BCUT2D eigenvalue weighted by Gasteiger charge is 2.13. The number of benzene rings is 4. The molecule has 0 aliphatic carbocycles. The average molecular weight is 529 g/mol. The van der Waals surface area contributed by atoms with E-state index in [1.165, 1.54) is 0 Å². The Balaban J connectivity index is 1.24. The maximum atomic E-state index is 12.6. The summed E-state index contributed by atoms with van der Waals surface area (Å²) in [5.74, 6) is 0.201. The van der Waals surface area contributed by atoms with Crippen molar-refractivity contribution in [2.45, 2.75) is 13.3 Å². The molecule has 0 saturated heterocycles. The van der Waals surface area contributed by atoms with E-state index in [2.05, 4.69) is 20.6 Å². The monoisotopic (exact) mass is 528 g/mol. The first kappa shape index (κ1) is 24.6. The Bertz CT molecular complexity index is 1590. The van der Waals surface area contributed by atoms with Crippen molar-refractivity contribution in [2.75, 3.05) is 5.32 Å². The number of nitrogens with one attached hydrogen (secondary N) is 3. The Labute approximate surface area is 223 Å². The predicted molar refractivity (Wildman–Crippen MR) is 148 cm³/mol. The Morgan fingerprint density at radius 2 is 1.70 bits per heavy atom. The summed E-state index contributed by atoms with van der Waals surface area (Å²) in [7, 11) is 0. The molecule has 3 N–H and O–H groups in total. The molecule has 0 atom stereocenters. The van der Waals surface area contributed by atoms with Gasteiger partial charge in [0.15, 0.2) is 0 Å². The largest absolute Gasteiger partial charge is 0.338 e. The lowest BCUT2D eigenvalue weighted by Gasteiger charge is -2.10. The molecular weight excluding hydrogens is 507 g/mol. The summed E-state index contributed by atoms with van der Waals surface area (Å²) in [6.07, 6.45) is 0.572. The number of urea groups is 1. The van der Waals surface area contributed by atoms with E-state index in [0.717, 1.165) is 33.3 Å². The number of aromatic nitrogens is 2. The van der Waals surface area contributed by atoms with Crippen LogP contribution in [0.2, 0.25) is 10.0 Å². The van der Waals surface area contributed by atoms with E-state index in [1.54, 1.807) is 24.3 Å². The molecule has 184 valence electrons. The van der Waals surface area contributed by atoms with Crippen LogP contribution >= 0.6 is 23.2 Å². The summed E-state index contributed by atoms with van der Waals surface area (Å²) in [6, 6.07) is 25.1. The molecule has 4 aromatic carbocycles. The number of aryl methyl sites for hydroxylation is 1. The third-order valence-electron chi connectivity index (χ3n) is 6.01. The van der Waals surface area contributed by atoms with E-state index in [1.807, 2.05) is 67.6 Å². The summed E-state index contributed by atoms with van der Waals surface area (Å²) >= 11 is 12.4. The molecule has 1 aromatic heterocycles. The number of hydrogen-bond donors (Lipinski definition) is 3. The van der Waals surface area contributed by atoms with Crippen LogP contribution in [0.1, 0.15) is 27.0 Å². The van der Waals surface area contributed by atoms with Crippen molar-refractivity contribution < 1.29 is 9.59 Å². The number of amides is 3. The van der Waals surface area contributed by atoms with Crippen LogP contribution in [0.15, 0.2) is 84.9 Å². The summed E-state index contributed by atoms with van der Waals surface area (Å²) in [5, 5.41) is 6.12. The molecule has 0 spiro atoms. The molecule has 0 saturated carbocycles. The molecule has 6 nitrogen and oxygen atoms in total. The highest BCUT2D eigenvalue weighted by Crippen LogP contribution is 2.28. The lowest BCUT2D eigenvalue weighted by atomic mass is 10.0. The molecule has 5 aromatic rings. The number of para-hydroxylation sites is 2. The van der Waals surface area contributed by atoms with Gasteiger partial charge in [0.05, 0.1) is 21.1 Å². The number of carbonyl (C=O) groups excluding carboxylic acids is 2. The van der Waals surface area contributed by atoms with Gasteiger partial charge in [0.1, 0.15) is 5.82 Å². The molecule has 0 aliphatic heterocycles. The Kier molecular flexibility index (Phi) is 6.95. The number of fused-ring (bicyclic) bond motifs is 1. The van der Waals surface area contributed by atoms with Crippen LogP contribution in [0.4, 0.5) is 10.5 Å². The molecule has 8 heteroatoms. The average Bonchev–Trinajstić information content (AvgIpc) is 3.32. The van der Waals surface area contributed by atoms with Crippen molar-refractivity contribution in [3.63, 3.8) is 0 Å². The van der Waals surface area contributed by atoms with E-state index in [4.69, 9.17) is 23.2 Å². The summed E-state index contributed by atoms with van der Waals surface area (Å²) in [5.41, 5.74) is 6.41. The first-order valence-corrected chi connectivity index (χ1v) is 12.3. The fourth-order valence-electron chi connectivity index (χ4n) is 4.05. The van der Waals surface area contributed by atoms with E-state index in [9.17, 15) is 9.59 Å². The Morgan fingerprint density at radius 1 is 0.919 bits per heavy atom. The number of carbonyl (C=O) groups is 2. The van der Waals surface area contributed by atoms with Crippen molar-refractivity contribution in [2.24, 2.45) is 0 Å². The van der Waals surface area contributed by atoms with Crippen molar-refractivity contribution in [1.82, 2.24) is 15.3 Å². The summed E-state index contributed by atoms with van der Waals surface area (Å²) in [4.78, 5) is 33.1. The minimum absolute atomic E-state index is 0.364. The zero-order valence-corrected chi connectivity index (χ0v) is 21.3. The number of rotatable bonds is 5. The summed E-state index contributed by atoms with van der Waals surface area (Å²) < 4.78 is 0. The summed E-state index contributed by atoms with van der Waals surface area (Å²) in [6.45, 7) is 1.97. The first-order valence-electron chi connectivity index (χ1n) is 11.6. The fourth-order valence-corrected chi connectivity index (χ4v) is 4.44.